The molecule has 3 atom stereocenters. The molecule has 2 saturated carbocycles. The van der Waals surface area contributed by atoms with Crippen molar-refractivity contribution in [2.45, 2.75) is 64.5 Å². The van der Waals surface area contributed by atoms with Crippen molar-refractivity contribution in [1.29, 1.82) is 0 Å². The summed E-state index contributed by atoms with van der Waals surface area (Å²) >= 11 is 0. The molecule has 3 unspecified atom stereocenters. The molecule has 0 amide bonds. The highest BCUT2D eigenvalue weighted by molar-refractivity contribution is 5.10. The molecule has 19 heavy (non-hydrogen) atoms. The molecule has 110 valence electrons. The van der Waals surface area contributed by atoms with Gasteiger partial charge in [-0.1, -0.05) is 26.7 Å². The summed E-state index contributed by atoms with van der Waals surface area (Å²) in [5, 5.41) is 13.5. The first-order valence-electron chi connectivity index (χ1n) is 8.05. The minimum Gasteiger partial charge on any atom is -0.396 e. The number of ether oxygens (including phenoxy) is 1. The zero-order valence-electron chi connectivity index (χ0n) is 12.5. The molecule has 0 aromatic carbocycles. The smallest absolute Gasteiger partial charge is 0.0684 e. The van der Waals surface area contributed by atoms with Gasteiger partial charge in [-0.2, -0.15) is 0 Å². The van der Waals surface area contributed by atoms with Crippen molar-refractivity contribution in [2.24, 2.45) is 16.7 Å². The first-order valence-corrected chi connectivity index (χ1v) is 8.05. The molecule has 0 radical (unpaired) electrons. The molecular weight excluding hydrogens is 238 g/mol. The van der Waals surface area contributed by atoms with Gasteiger partial charge in [0, 0.05) is 42.5 Å². The van der Waals surface area contributed by atoms with Crippen LogP contribution >= 0.6 is 0 Å². The van der Waals surface area contributed by atoms with E-state index in [1.807, 2.05) is 0 Å². The van der Waals surface area contributed by atoms with Crippen LogP contribution in [0.5, 0.6) is 0 Å². The first-order chi connectivity index (χ1) is 9.09. The lowest BCUT2D eigenvalue weighted by Crippen LogP contribution is -2.70. The second-order valence-electron chi connectivity index (χ2n) is 7.64. The van der Waals surface area contributed by atoms with Gasteiger partial charge in [0.25, 0.3) is 0 Å². The van der Waals surface area contributed by atoms with Crippen LogP contribution < -0.4 is 5.32 Å². The van der Waals surface area contributed by atoms with E-state index in [-0.39, 0.29) is 10.8 Å². The van der Waals surface area contributed by atoms with Crippen molar-refractivity contribution >= 4 is 0 Å². The van der Waals surface area contributed by atoms with Gasteiger partial charge in [-0.05, 0) is 25.7 Å². The standard InChI is InChI=1S/C16H29NO2/c1-15(2)13(12-6-5-9-19-14(12)15)17-10-16(11-18)7-3-4-8-16/h12-14,17-18H,3-11H2,1-2H3. The Labute approximate surface area is 117 Å². The van der Waals surface area contributed by atoms with Gasteiger partial charge in [-0.3, -0.25) is 0 Å². The minimum absolute atomic E-state index is 0.163. The third-order valence-electron chi connectivity index (χ3n) is 6.03. The summed E-state index contributed by atoms with van der Waals surface area (Å²) in [5.74, 6) is 0.695. The quantitative estimate of drug-likeness (QED) is 0.821. The van der Waals surface area contributed by atoms with Gasteiger partial charge in [-0.25, -0.2) is 0 Å². The minimum atomic E-state index is 0.163. The number of aliphatic hydroxyl groups excluding tert-OH is 1. The molecule has 3 heteroatoms. The predicted octanol–water partition coefficient (Wildman–Crippen LogP) is 2.33. The van der Waals surface area contributed by atoms with Crippen LogP contribution in [0.3, 0.4) is 0 Å². The summed E-state index contributed by atoms with van der Waals surface area (Å²) < 4.78 is 5.96. The number of aliphatic hydroxyl groups is 1. The SMILES string of the molecule is CC1(C)C(NCC2(CO)CCCC2)C2CCCOC21. The Balaban J connectivity index is 1.60. The number of hydrogen-bond acceptors (Lipinski definition) is 3. The molecule has 1 heterocycles. The highest BCUT2D eigenvalue weighted by atomic mass is 16.5. The fraction of sp³-hybridized carbons (Fsp3) is 1.00. The van der Waals surface area contributed by atoms with E-state index < -0.39 is 0 Å². The van der Waals surface area contributed by atoms with Crippen molar-refractivity contribution in [3.63, 3.8) is 0 Å². The Hall–Kier alpha value is -0.120. The Morgan fingerprint density at radius 1 is 1.21 bits per heavy atom. The normalized spacial score (nSPS) is 39.6. The molecule has 0 aromatic rings. The Morgan fingerprint density at radius 2 is 1.95 bits per heavy atom. The monoisotopic (exact) mass is 267 g/mol. The van der Waals surface area contributed by atoms with E-state index in [1.54, 1.807) is 0 Å². The number of nitrogens with one attached hydrogen (secondary N) is 1. The van der Waals surface area contributed by atoms with Crippen molar-refractivity contribution in [1.82, 2.24) is 5.32 Å². The zero-order valence-corrected chi connectivity index (χ0v) is 12.5. The van der Waals surface area contributed by atoms with Gasteiger partial charge < -0.3 is 15.2 Å². The molecule has 1 aliphatic heterocycles. The lowest BCUT2D eigenvalue weighted by Gasteiger charge is -2.60. The fourth-order valence-corrected chi connectivity index (χ4v) is 4.78. The van der Waals surface area contributed by atoms with Crippen LogP contribution in [0.15, 0.2) is 0 Å². The molecule has 0 bridgehead atoms. The van der Waals surface area contributed by atoms with Crippen LogP contribution in [0.2, 0.25) is 0 Å². The van der Waals surface area contributed by atoms with Crippen molar-refractivity contribution in [2.75, 3.05) is 19.8 Å². The van der Waals surface area contributed by atoms with E-state index in [0.29, 0.717) is 24.7 Å². The van der Waals surface area contributed by atoms with E-state index in [4.69, 9.17) is 4.74 Å². The molecule has 0 aromatic heterocycles. The molecule has 1 saturated heterocycles. The summed E-state index contributed by atoms with van der Waals surface area (Å²) in [5.41, 5.74) is 0.414. The summed E-state index contributed by atoms with van der Waals surface area (Å²) in [6.45, 7) is 6.94. The summed E-state index contributed by atoms with van der Waals surface area (Å²) in [6.07, 6.45) is 7.91. The second kappa shape index (κ2) is 5.01. The van der Waals surface area contributed by atoms with Crippen LogP contribution in [0, 0.1) is 16.7 Å². The first kappa shape index (κ1) is 13.8. The molecule has 3 nitrogen and oxygen atoms in total. The van der Waals surface area contributed by atoms with E-state index >= 15 is 0 Å². The van der Waals surface area contributed by atoms with Crippen LogP contribution in [0.25, 0.3) is 0 Å². The number of hydrogen-bond donors (Lipinski definition) is 2. The second-order valence-corrected chi connectivity index (χ2v) is 7.64. The fourth-order valence-electron chi connectivity index (χ4n) is 4.78. The van der Waals surface area contributed by atoms with Crippen LogP contribution in [0.4, 0.5) is 0 Å². The van der Waals surface area contributed by atoms with Gasteiger partial charge in [0.15, 0.2) is 0 Å². The number of rotatable bonds is 4. The molecule has 3 rings (SSSR count). The third-order valence-corrected chi connectivity index (χ3v) is 6.03. The maximum absolute atomic E-state index is 9.72. The highest BCUT2D eigenvalue weighted by Gasteiger charge is 2.57. The van der Waals surface area contributed by atoms with Crippen LogP contribution in [0.1, 0.15) is 52.4 Å². The Kier molecular flexibility index (Phi) is 3.65. The summed E-state index contributed by atoms with van der Waals surface area (Å²) in [7, 11) is 0. The summed E-state index contributed by atoms with van der Waals surface area (Å²) in [6, 6.07) is 0.571. The third kappa shape index (κ3) is 2.24. The van der Waals surface area contributed by atoms with Gasteiger partial charge in [-0.15, -0.1) is 0 Å². The zero-order chi connectivity index (χ0) is 13.5. The van der Waals surface area contributed by atoms with E-state index in [2.05, 4.69) is 19.2 Å². The Bertz CT molecular complexity index is 323. The van der Waals surface area contributed by atoms with Crippen LogP contribution in [-0.4, -0.2) is 37.0 Å². The van der Waals surface area contributed by atoms with E-state index in [9.17, 15) is 5.11 Å². The topological polar surface area (TPSA) is 41.5 Å². The molecule has 3 fully saturated rings. The van der Waals surface area contributed by atoms with Gasteiger partial charge in [0.05, 0.1) is 6.10 Å². The number of fused-ring (bicyclic) bond motifs is 1. The van der Waals surface area contributed by atoms with Gasteiger partial charge in [0.1, 0.15) is 0 Å². The maximum Gasteiger partial charge on any atom is 0.0684 e. The van der Waals surface area contributed by atoms with Crippen LogP contribution in [-0.2, 0) is 4.74 Å². The van der Waals surface area contributed by atoms with Gasteiger partial charge in [0.2, 0.25) is 0 Å². The molecule has 3 aliphatic rings. The molecule has 2 N–H and O–H groups in total. The Morgan fingerprint density at radius 3 is 2.63 bits per heavy atom. The summed E-state index contributed by atoms with van der Waals surface area (Å²) in [4.78, 5) is 0. The highest BCUT2D eigenvalue weighted by Crippen LogP contribution is 2.51. The average Bonchev–Trinajstić information content (AvgIpc) is 2.88. The maximum atomic E-state index is 9.72. The van der Waals surface area contributed by atoms with Crippen molar-refractivity contribution < 1.29 is 9.84 Å². The predicted molar refractivity (Wildman–Crippen MR) is 76.0 cm³/mol. The lowest BCUT2D eigenvalue weighted by molar-refractivity contribution is -0.193. The van der Waals surface area contributed by atoms with Crippen molar-refractivity contribution in [3.05, 3.63) is 0 Å². The van der Waals surface area contributed by atoms with Crippen molar-refractivity contribution in [3.8, 4) is 0 Å². The average molecular weight is 267 g/mol. The van der Waals surface area contributed by atoms with Gasteiger partial charge >= 0.3 is 0 Å². The molecular formula is C16H29NO2. The van der Waals surface area contributed by atoms with E-state index in [1.165, 1.54) is 38.5 Å². The molecule has 0 spiro atoms. The molecule has 2 aliphatic carbocycles. The largest absolute Gasteiger partial charge is 0.396 e. The lowest BCUT2D eigenvalue weighted by atomic mass is 9.55. The van der Waals surface area contributed by atoms with E-state index in [0.717, 1.165) is 13.2 Å².